The van der Waals surface area contributed by atoms with Gasteiger partial charge < -0.3 is 10.2 Å². The van der Waals surface area contributed by atoms with E-state index in [-0.39, 0.29) is 24.0 Å². The topological polar surface area (TPSA) is 40.5 Å². The van der Waals surface area contributed by atoms with Crippen LogP contribution in [0, 0.1) is 18.8 Å². The van der Waals surface area contributed by atoms with Crippen LogP contribution in [0.5, 0.6) is 0 Å². The molecule has 4 nitrogen and oxygen atoms in total. The molecule has 0 aromatic carbocycles. The van der Waals surface area contributed by atoms with Crippen molar-refractivity contribution >= 4 is 29.9 Å². The SMILES string of the molecule is CCC(CC)C1CCN(C(=NC)NCCc2ccncc2C)C1.I. The number of halogens is 1. The van der Waals surface area contributed by atoms with Crippen LogP contribution in [-0.2, 0) is 6.42 Å². The highest BCUT2D eigenvalue weighted by Gasteiger charge is 2.29. The molecule has 0 radical (unpaired) electrons. The summed E-state index contributed by atoms with van der Waals surface area (Å²) in [5.41, 5.74) is 2.62. The maximum Gasteiger partial charge on any atom is 0.193 e. The molecule has 1 unspecified atom stereocenters. The summed E-state index contributed by atoms with van der Waals surface area (Å²) in [4.78, 5) is 11.1. The third-order valence-corrected chi connectivity index (χ3v) is 5.27. The fraction of sp³-hybridized carbons (Fsp3) is 0.684. The second-order valence-corrected chi connectivity index (χ2v) is 6.60. The van der Waals surface area contributed by atoms with Crippen molar-refractivity contribution in [1.29, 1.82) is 0 Å². The van der Waals surface area contributed by atoms with Crippen LogP contribution < -0.4 is 5.32 Å². The Kier molecular flexibility index (Phi) is 9.63. The van der Waals surface area contributed by atoms with Gasteiger partial charge in [-0.05, 0) is 48.8 Å². The van der Waals surface area contributed by atoms with Gasteiger partial charge in [0.1, 0.15) is 0 Å². The summed E-state index contributed by atoms with van der Waals surface area (Å²) >= 11 is 0. The number of rotatable bonds is 6. The second-order valence-electron chi connectivity index (χ2n) is 6.60. The van der Waals surface area contributed by atoms with Crippen molar-refractivity contribution in [2.45, 2.75) is 46.5 Å². The van der Waals surface area contributed by atoms with Gasteiger partial charge in [0.15, 0.2) is 5.96 Å². The molecule has 5 heteroatoms. The number of nitrogens with zero attached hydrogens (tertiary/aromatic N) is 3. The van der Waals surface area contributed by atoms with Gasteiger partial charge in [0.25, 0.3) is 0 Å². The summed E-state index contributed by atoms with van der Waals surface area (Å²) in [6, 6.07) is 2.11. The van der Waals surface area contributed by atoms with Crippen molar-refractivity contribution in [1.82, 2.24) is 15.2 Å². The first kappa shape index (κ1) is 21.2. The molecule has 1 atom stereocenters. The van der Waals surface area contributed by atoms with Gasteiger partial charge in [0.2, 0.25) is 0 Å². The Hall–Kier alpha value is -0.850. The lowest BCUT2D eigenvalue weighted by Gasteiger charge is -2.24. The number of pyridine rings is 1. The monoisotopic (exact) mass is 444 g/mol. The van der Waals surface area contributed by atoms with E-state index < -0.39 is 0 Å². The third kappa shape index (κ3) is 5.60. The average Bonchev–Trinajstić information content (AvgIpc) is 3.04. The normalized spacial score (nSPS) is 18.0. The van der Waals surface area contributed by atoms with E-state index in [0.717, 1.165) is 43.9 Å². The predicted octanol–water partition coefficient (Wildman–Crippen LogP) is 3.88. The Morgan fingerprint density at radius 3 is 2.79 bits per heavy atom. The maximum atomic E-state index is 4.49. The molecule has 1 aliphatic heterocycles. The summed E-state index contributed by atoms with van der Waals surface area (Å²) in [5, 5.41) is 3.54. The minimum absolute atomic E-state index is 0. The number of nitrogens with one attached hydrogen (secondary N) is 1. The highest BCUT2D eigenvalue weighted by molar-refractivity contribution is 14.0. The lowest BCUT2D eigenvalue weighted by atomic mass is 9.87. The Morgan fingerprint density at radius 1 is 1.42 bits per heavy atom. The van der Waals surface area contributed by atoms with Gasteiger partial charge in [-0.2, -0.15) is 0 Å². The number of aryl methyl sites for hydroxylation is 1. The highest BCUT2D eigenvalue weighted by Crippen LogP contribution is 2.28. The molecule has 24 heavy (non-hydrogen) atoms. The Labute approximate surface area is 164 Å². The van der Waals surface area contributed by atoms with E-state index in [4.69, 9.17) is 0 Å². The molecule has 1 fully saturated rings. The first-order valence-corrected chi connectivity index (χ1v) is 9.04. The van der Waals surface area contributed by atoms with Crippen LogP contribution >= 0.6 is 24.0 Å². The molecule has 0 bridgehead atoms. The molecule has 2 rings (SSSR count). The average molecular weight is 444 g/mol. The second kappa shape index (κ2) is 10.9. The van der Waals surface area contributed by atoms with Crippen LogP contribution in [0.3, 0.4) is 0 Å². The van der Waals surface area contributed by atoms with E-state index in [1.165, 1.54) is 30.4 Å². The first-order chi connectivity index (χ1) is 11.2. The molecule has 0 amide bonds. The standard InChI is InChI=1S/C19H32N4.HI/c1-5-16(6-2)18-9-12-23(14-18)19(20-4)22-11-8-17-7-10-21-13-15(17)3;/h7,10,13,16,18H,5-6,8-9,11-12,14H2,1-4H3,(H,20,22);1H. The van der Waals surface area contributed by atoms with E-state index in [9.17, 15) is 0 Å². The molecule has 1 aromatic heterocycles. The molecule has 2 heterocycles. The van der Waals surface area contributed by atoms with Gasteiger partial charge >= 0.3 is 0 Å². The highest BCUT2D eigenvalue weighted by atomic mass is 127. The predicted molar refractivity (Wildman–Crippen MR) is 113 cm³/mol. The van der Waals surface area contributed by atoms with Crippen LogP contribution in [0.4, 0.5) is 0 Å². The maximum absolute atomic E-state index is 4.49. The van der Waals surface area contributed by atoms with Gasteiger partial charge in [-0.3, -0.25) is 9.98 Å². The van der Waals surface area contributed by atoms with Crippen LogP contribution in [-0.4, -0.2) is 42.5 Å². The van der Waals surface area contributed by atoms with E-state index >= 15 is 0 Å². The largest absolute Gasteiger partial charge is 0.356 e. The molecule has 0 saturated carbocycles. The Morgan fingerprint density at radius 2 is 2.17 bits per heavy atom. The number of hydrogen-bond acceptors (Lipinski definition) is 2. The van der Waals surface area contributed by atoms with Crippen molar-refractivity contribution in [3.63, 3.8) is 0 Å². The fourth-order valence-electron chi connectivity index (χ4n) is 3.74. The number of likely N-dealkylation sites (tertiary alicyclic amines) is 1. The van der Waals surface area contributed by atoms with E-state index in [2.05, 4.69) is 47.0 Å². The lowest BCUT2D eigenvalue weighted by molar-refractivity contribution is 0.319. The molecule has 0 spiro atoms. The van der Waals surface area contributed by atoms with Gasteiger partial charge in [0, 0.05) is 39.1 Å². The number of guanidine groups is 1. The van der Waals surface area contributed by atoms with Crippen LogP contribution in [0.15, 0.2) is 23.5 Å². The van der Waals surface area contributed by atoms with Crippen molar-refractivity contribution in [3.8, 4) is 0 Å². The summed E-state index contributed by atoms with van der Waals surface area (Å²) in [6.45, 7) is 9.97. The van der Waals surface area contributed by atoms with Gasteiger partial charge in [-0.25, -0.2) is 0 Å². The zero-order chi connectivity index (χ0) is 16.7. The van der Waals surface area contributed by atoms with E-state index in [0.29, 0.717) is 0 Å². The summed E-state index contributed by atoms with van der Waals surface area (Å²) < 4.78 is 0. The van der Waals surface area contributed by atoms with Crippen LogP contribution in [0.2, 0.25) is 0 Å². The zero-order valence-corrected chi connectivity index (χ0v) is 17.9. The molecule has 136 valence electrons. The first-order valence-electron chi connectivity index (χ1n) is 9.04. The Bertz CT molecular complexity index is 514. The van der Waals surface area contributed by atoms with Crippen LogP contribution in [0.1, 0.15) is 44.2 Å². The summed E-state index contributed by atoms with van der Waals surface area (Å²) in [7, 11) is 1.89. The zero-order valence-electron chi connectivity index (χ0n) is 15.6. The van der Waals surface area contributed by atoms with Crippen LogP contribution in [0.25, 0.3) is 0 Å². The molecular weight excluding hydrogens is 411 g/mol. The summed E-state index contributed by atoms with van der Waals surface area (Å²) in [6.07, 6.45) is 8.71. The van der Waals surface area contributed by atoms with Crippen molar-refractivity contribution in [3.05, 3.63) is 29.6 Å². The molecule has 0 aliphatic carbocycles. The van der Waals surface area contributed by atoms with Crippen molar-refractivity contribution in [2.24, 2.45) is 16.8 Å². The number of aliphatic imine (C=N–C) groups is 1. The smallest absolute Gasteiger partial charge is 0.193 e. The molecule has 1 aromatic rings. The number of hydrogen-bond donors (Lipinski definition) is 1. The van der Waals surface area contributed by atoms with Gasteiger partial charge in [0.05, 0.1) is 0 Å². The third-order valence-electron chi connectivity index (χ3n) is 5.27. The molecule has 1 aliphatic rings. The van der Waals surface area contributed by atoms with Crippen molar-refractivity contribution in [2.75, 3.05) is 26.7 Å². The van der Waals surface area contributed by atoms with Gasteiger partial charge in [-0.15, -0.1) is 24.0 Å². The number of aromatic nitrogens is 1. The van der Waals surface area contributed by atoms with Crippen molar-refractivity contribution < 1.29 is 0 Å². The minimum atomic E-state index is 0. The molecule has 1 saturated heterocycles. The minimum Gasteiger partial charge on any atom is -0.356 e. The Balaban J connectivity index is 0.00000288. The van der Waals surface area contributed by atoms with E-state index in [1.807, 2.05) is 19.4 Å². The molecule has 1 N–H and O–H groups in total. The molecular formula is C19H33IN4. The summed E-state index contributed by atoms with van der Waals surface area (Å²) in [5.74, 6) is 2.74. The lowest BCUT2D eigenvalue weighted by Crippen LogP contribution is -2.41. The van der Waals surface area contributed by atoms with Gasteiger partial charge in [-0.1, -0.05) is 26.7 Å². The quantitative estimate of drug-likeness (QED) is 0.411. The fourth-order valence-corrected chi connectivity index (χ4v) is 3.74. The van der Waals surface area contributed by atoms with E-state index in [1.54, 1.807) is 0 Å².